The molecule has 0 saturated carbocycles. The number of phosphoric acid groups is 4. The number of aryl methyl sites for hydroxylation is 1. The van der Waals surface area contributed by atoms with E-state index in [1.165, 1.54) is 27.1 Å². The standard InChI is InChI=1S/C34H46N16O24P4/c1-47-11-50(27-18(47)29(56)46-34(37)44-27)30-19(52)12(3-38-10-51)13(69-30)4-67-76(59,60)73-78(63,64)74-77(61,62)68-6-15-22(23(65-2)32(71-15)48-8-41-16-24(35)39-7-40-25(16)48)72-75(57,58)66-5-14-20(53)21(54)31(70-14)49-9-42-17-26(49)43-33(36)45-28(17)55/h7-15,19-23,30-32,52-54H,3-6H2,1-2H3,(H12-,35,36,37,38,39,40,43,44,45,46,51,55,56,57,58,59,60,61,62,63,64)/t12-,13-,14-,15-,19-,20-,21-,22-,23-,30-,31-,32-/m1/s1. The zero-order chi connectivity index (χ0) is 56.4. The van der Waals surface area contributed by atoms with Crippen molar-refractivity contribution in [1.82, 2.24) is 58.9 Å². The minimum Gasteiger partial charge on any atom is -0.756 e. The number of aliphatic hydroxyl groups is 3. The molecule has 6 aromatic heterocycles. The first-order valence-corrected chi connectivity index (χ1v) is 28.1. The van der Waals surface area contributed by atoms with Gasteiger partial charge in [-0.05, 0) is 0 Å². The maximum absolute atomic E-state index is 13.6. The molecule has 0 aliphatic carbocycles. The number of fused-ring (bicyclic) bond motifs is 3. The van der Waals surface area contributed by atoms with Crippen LogP contribution >= 0.6 is 31.3 Å². The third-order valence-electron chi connectivity index (χ3n) is 12.2. The number of aromatic amines is 2. The average molecular weight is 1190 g/mol. The molecule has 40 nitrogen and oxygen atoms in total. The van der Waals surface area contributed by atoms with Gasteiger partial charge in [-0.3, -0.25) is 51.7 Å². The predicted molar refractivity (Wildman–Crippen MR) is 248 cm³/mol. The lowest BCUT2D eigenvalue weighted by molar-refractivity contribution is -0.745. The molecule has 1 amide bonds. The van der Waals surface area contributed by atoms with Crippen LogP contribution in [0.15, 0.2) is 34.9 Å². The smallest absolute Gasteiger partial charge is 0.490 e. The van der Waals surface area contributed by atoms with Gasteiger partial charge < -0.3 is 85.4 Å². The molecule has 4 unspecified atom stereocenters. The van der Waals surface area contributed by atoms with Crippen LogP contribution in [0, 0.1) is 5.92 Å². The summed E-state index contributed by atoms with van der Waals surface area (Å²) in [6, 6.07) is 0. The summed E-state index contributed by atoms with van der Waals surface area (Å²) in [5, 5.41) is 35.3. The molecule has 3 aliphatic rings. The quantitative estimate of drug-likeness (QED) is 0.0172. The van der Waals surface area contributed by atoms with Gasteiger partial charge in [-0.1, -0.05) is 4.98 Å². The van der Waals surface area contributed by atoms with Crippen LogP contribution in [-0.4, -0.2) is 172 Å². The van der Waals surface area contributed by atoms with Gasteiger partial charge in [-0.15, -0.1) is 0 Å². The monoisotopic (exact) mass is 1190 g/mol. The molecule has 0 radical (unpaired) electrons. The number of imidazole rings is 3. The summed E-state index contributed by atoms with van der Waals surface area (Å²) in [6.07, 6.45) is -13.4. The minimum atomic E-state index is -6.23. The van der Waals surface area contributed by atoms with Gasteiger partial charge in [0.25, 0.3) is 24.9 Å². The van der Waals surface area contributed by atoms with Crippen LogP contribution < -0.4 is 43.1 Å². The Hall–Kier alpha value is -5.64. The number of anilines is 3. The Morgan fingerprint density at radius 3 is 2.06 bits per heavy atom. The number of methoxy groups -OCH3 is 1. The largest absolute Gasteiger partial charge is 0.756 e. The van der Waals surface area contributed by atoms with Crippen molar-refractivity contribution in [2.45, 2.75) is 67.5 Å². The number of nitrogens with zero attached hydrogens (tertiary/aromatic N) is 10. The number of nitrogens with two attached hydrogens (primary N) is 3. The Kier molecular flexibility index (Phi) is 15.9. The average Bonchev–Trinajstić information content (AvgIpc) is 4.28. The van der Waals surface area contributed by atoms with Gasteiger partial charge in [0.15, 0.2) is 41.4 Å². The summed E-state index contributed by atoms with van der Waals surface area (Å²) in [6.45, 7) is -3.73. The van der Waals surface area contributed by atoms with Crippen molar-refractivity contribution >= 4 is 88.9 Å². The van der Waals surface area contributed by atoms with Crippen molar-refractivity contribution < 1.29 is 108 Å². The van der Waals surface area contributed by atoms with Crippen LogP contribution in [0.4, 0.5) is 17.7 Å². The number of aliphatic hydroxyl groups excluding tert-OH is 3. The number of nitrogens with one attached hydrogen (secondary N) is 3. The first kappa shape index (κ1) is 57.1. The van der Waals surface area contributed by atoms with Crippen LogP contribution in [0.3, 0.4) is 0 Å². The number of rotatable bonds is 22. The van der Waals surface area contributed by atoms with Gasteiger partial charge in [0.05, 0.1) is 45.6 Å². The normalized spacial score (nSPS) is 29.7. The second-order valence-electron chi connectivity index (χ2n) is 17.1. The third kappa shape index (κ3) is 11.5. The maximum atomic E-state index is 13.6. The second kappa shape index (κ2) is 21.8. The molecule has 9 heterocycles. The van der Waals surface area contributed by atoms with Crippen LogP contribution in [-0.2, 0) is 75.8 Å². The van der Waals surface area contributed by atoms with E-state index in [4.69, 9.17) is 54.2 Å². The highest BCUT2D eigenvalue weighted by atomic mass is 31.3. The lowest BCUT2D eigenvalue weighted by atomic mass is 9.98. The van der Waals surface area contributed by atoms with Crippen molar-refractivity contribution in [1.29, 1.82) is 0 Å². The Morgan fingerprint density at radius 2 is 1.38 bits per heavy atom. The van der Waals surface area contributed by atoms with E-state index in [0.29, 0.717) is 0 Å². The number of hydrogen-bond acceptors (Lipinski definition) is 30. The molecule has 9 rings (SSSR count). The van der Waals surface area contributed by atoms with Crippen LogP contribution in [0.2, 0.25) is 0 Å². The summed E-state index contributed by atoms with van der Waals surface area (Å²) in [5.41, 5.74) is 15.5. The Labute approximate surface area is 432 Å². The van der Waals surface area contributed by atoms with Crippen LogP contribution in [0.25, 0.3) is 33.5 Å². The molecular formula is C34H46N16O24P4. The highest BCUT2D eigenvalue weighted by molar-refractivity contribution is 7.66. The fourth-order valence-electron chi connectivity index (χ4n) is 8.81. The molecule has 78 heavy (non-hydrogen) atoms. The number of ether oxygens (including phenoxy) is 4. The zero-order valence-electron chi connectivity index (χ0n) is 39.7. The lowest BCUT2D eigenvalue weighted by Gasteiger charge is -2.31. The van der Waals surface area contributed by atoms with Crippen LogP contribution in [0.1, 0.15) is 18.7 Å². The first-order chi connectivity index (χ1) is 36.7. The number of H-pyrrole nitrogens is 2. The minimum absolute atomic E-state index is 0.00527. The van der Waals surface area contributed by atoms with Crippen molar-refractivity contribution in [2.24, 2.45) is 13.0 Å². The molecule has 16 atom stereocenters. The van der Waals surface area contributed by atoms with Crippen LogP contribution in [0.5, 0.6) is 0 Å². The van der Waals surface area contributed by atoms with Gasteiger partial charge >= 0.3 is 29.1 Å². The Morgan fingerprint density at radius 1 is 0.769 bits per heavy atom. The molecule has 3 saturated heterocycles. The van der Waals surface area contributed by atoms with Gasteiger partial charge in [-0.2, -0.15) is 13.6 Å². The number of carbonyl (C=O) groups excluding carboxylic acids is 1. The molecule has 426 valence electrons. The van der Waals surface area contributed by atoms with E-state index in [0.717, 1.165) is 30.7 Å². The molecule has 3 aliphatic heterocycles. The second-order valence-corrected chi connectivity index (χ2v) is 23.1. The molecule has 6 aromatic rings. The van der Waals surface area contributed by atoms with Gasteiger partial charge in [0.1, 0.15) is 54.6 Å². The number of aromatic nitrogens is 12. The van der Waals surface area contributed by atoms with Crippen molar-refractivity contribution in [3.05, 3.63) is 46.0 Å². The summed E-state index contributed by atoms with van der Waals surface area (Å²) in [4.78, 5) is 110. The van der Waals surface area contributed by atoms with E-state index < -0.39 is 136 Å². The zero-order valence-corrected chi connectivity index (χ0v) is 43.2. The van der Waals surface area contributed by atoms with Crippen molar-refractivity contribution in [3.8, 4) is 0 Å². The molecular weight excluding hydrogens is 1140 g/mol. The van der Waals surface area contributed by atoms with Gasteiger partial charge in [0, 0.05) is 19.6 Å². The van der Waals surface area contributed by atoms with E-state index >= 15 is 0 Å². The molecule has 0 spiro atoms. The van der Waals surface area contributed by atoms with Gasteiger partial charge in [-0.25, -0.2) is 38.2 Å². The van der Waals surface area contributed by atoms with Gasteiger partial charge in [0.2, 0.25) is 24.1 Å². The highest BCUT2D eigenvalue weighted by Crippen LogP contribution is 2.68. The summed E-state index contributed by atoms with van der Waals surface area (Å²) in [5.74, 6) is -1.88. The van der Waals surface area contributed by atoms with E-state index in [1.54, 1.807) is 0 Å². The molecule has 3 fully saturated rings. The van der Waals surface area contributed by atoms with E-state index in [9.17, 15) is 67.5 Å². The maximum Gasteiger partial charge on any atom is 0.490 e. The summed E-state index contributed by atoms with van der Waals surface area (Å²) < 4.78 is 110. The van der Waals surface area contributed by atoms with E-state index in [-0.39, 0.29) is 64.2 Å². The summed E-state index contributed by atoms with van der Waals surface area (Å²) in [7, 11) is -21.3. The van der Waals surface area contributed by atoms with E-state index in [1.807, 2.05) is 0 Å². The topological polar surface area (TPSA) is 574 Å². The highest BCUT2D eigenvalue weighted by Gasteiger charge is 2.53. The number of nitrogen functional groups attached to an aromatic ring is 3. The summed E-state index contributed by atoms with van der Waals surface area (Å²) >= 11 is 0. The molecule has 15 N–H and O–H groups in total. The lowest BCUT2D eigenvalue weighted by Crippen LogP contribution is -2.46. The molecule has 0 bridgehead atoms. The first-order valence-electron chi connectivity index (χ1n) is 22.2. The number of carbonyl (C=O) groups is 1. The van der Waals surface area contributed by atoms with Crippen molar-refractivity contribution in [2.75, 3.05) is 50.7 Å². The number of phosphoric ester groups is 3. The number of hydrogen-bond donors (Lipinski definition) is 12. The van der Waals surface area contributed by atoms with Crippen molar-refractivity contribution in [3.63, 3.8) is 0 Å². The fraction of sp³-hybridized carbons (Fsp3) is 0.529. The predicted octanol–water partition coefficient (Wildman–Crippen LogP) is -5.34. The molecule has 0 aromatic carbocycles. The molecule has 44 heteroatoms. The van der Waals surface area contributed by atoms with E-state index in [2.05, 4.69) is 53.8 Å². The Balaban J connectivity index is 0.872. The fourth-order valence-corrected chi connectivity index (χ4v) is 13.3. The number of amides is 1. The SMILES string of the molecule is CO[C@@H]1[C@H](OP(=O)([O-])OC[C@H]2O[C@@H](n3cnc4c(=O)[nH]c(N)nc43)[C@H](O)[C@@H]2O)[C@@H](COP(=O)(O)OP(=O)(O)OP(=O)(O)OC[C@H]2O[C@@H]([n+]3cn(C)c4c(=O)[nH]c(N)nc43)[C@H](O)[C@@H]2CNC=O)O[C@H]1n1cnc2c(N)ncnc21. The Bertz CT molecular complexity index is 3560. The third-order valence-corrected chi connectivity index (χ3v) is 17.4.